The highest BCUT2D eigenvalue weighted by atomic mass is 32.2. The molecule has 0 unspecified atom stereocenters. The van der Waals surface area contributed by atoms with Crippen LogP contribution in [0, 0.1) is 0 Å². The molecule has 0 amide bonds. The molecule has 0 aromatic heterocycles. The number of thioether (sulfide) groups is 1. The normalized spacial score (nSPS) is 19.4. The Morgan fingerprint density at radius 3 is 2.77 bits per heavy atom. The van der Waals surface area contributed by atoms with E-state index in [4.69, 9.17) is 0 Å². The number of nitrogens with zero attached hydrogens (tertiary/aromatic N) is 2. The van der Waals surface area contributed by atoms with Crippen molar-refractivity contribution < 1.29 is 0 Å². The summed E-state index contributed by atoms with van der Waals surface area (Å²) in [6, 6.07) is 0. The van der Waals surface area contributed by atoms with Gasteiger partial charge in [0.1, 0.15) is 0 Å². The second-order valence-corrected chi connectivity index (χ2v) is 4.25. The first-order valence-electron chi connectivity index (χ1n) is 4.54. The van der Waals surface area contributed by atoms with E-state index in [1.165, 1.54) is 10.6 Å². The topological polar surface area (TPSA) is 18.5 Å². The molecule has 76 valence electrons. The van der Waals surface area contributed by atoms with Crippen molar-refractivity contribution in [3.05, 3.63) is 10.6 Å². The maximum atomic E-state index is 3.16. The number of hydrogen-bond donors (Lipinski definition) is 1. The van der Waals surface area contributed by atoms with E-state index in [0.29, 0.717) is 0 Å². The molecule has 13 heavy (non-hydrogen) atoms. The van der Waals surface area contributed by atoms with Crippen LogP contribution in [0.15, 0.2) is 10.6 Å². The highest BCUT2D eigenvalue weighted by Gasteiger charge is 2.17. The zero-order valence-corrected chi connectivity index (χ0v) is 9.74. The van der Waals surface area contributed by atoms with E-state index in [9.17, 15) is 0 Å². The quantitative estimate of drug-likeness (QED) is 0.685. The Bertz CT molecular complexity index is 203. The molecule has 0 radical (unpaired) electrons. The third-order valence-corrected chi connectivity index (χ3v) is 3.31. The van der Waals surface area contributed by atoms with Crippen LogP contribution in [0.2, 0.25) is 0 Å². The van der Waals surface area contributed by atoms with Crippen LogP contribution in [0.4, 0.5) is 0 Å². The van der Waals surface area contributed by atoms with Gasteiger partial charge in [0.2, 0.25) is 0 Å². The molecule has 4 heteroatoms. The summed E-state index contributed by atoms with van der Waals surface area (Å²) in [5.74, 6) is 0. The smallest absolute Gasteiger partial charge is 0.0411 e. The van der Waals surface area contributed by atoms with Crippen molar-refractivity contribution in [3.8, 4) is 0 Å². The monoisotopic (exact) mass is 201 g/mol. The summed E-state index contributed by atoms with van der Waals surface area (Å²) in [7, 11) is 6.21. The summed E-state index contributed by atoms with van der Waals surface area (Å²) in [5.41, 5.74) is 4.60. The summed E-state index contributed by atoms with van der Waals surface area (Å²) in [4.78, 5) is 3.84. The number of hydrogen-bond acceptors (Lipinski definition) is 4. The molecule has 0 saturated heterocycles. The lowest BCUT2D eigenvalue weighted by Crippen LogP contribution is -2.37. The molecule has 0 spiro atoms. The van der Waals surface area contributed by atoms with E-state index in [1.807, 2.05) is 18.8 Å². The lowest BCUT2D eigenvalue weighted by Gasteiger charge is -2.32. The molecule has 0 atom stereocenters. The molecule has 0 fully saturated rings. The fourth-order valence-electron chi connectivity index (χ4n) is 1.52. The highest BCUT2D eigenvalue weighted by molar-refractivity contribution is 8.02. The molecule has 1 N–H and O–H groups in total. The third kappa shape index (κ3) is 2.62. The maximum absolute atomic E-state index is 3.16. The molecule has 1 aliphatic rings. The van der Waals surface area contributed by atoms with Gasteiger partial charge in [0.15, 0.2) is 0 Å². The van der Waals surface area contributed by atoms with Gasteiger partial charge in [0.05, 0.1) is 0 Å². The van der Waals surface area contributed by atoms with Crippen LogP contribution in [0.25, 0.3) is 0 Å². The van der Waals surface area contributed by atoms with Gasteiger partial charge in [-0.2, -0.15) is 0 Å². The molecular formula is C9H19N3S. The van der Waals surface area contributed by atoms with Gasteiger partial charge in [0, 0.05) is 44.2 Å². The summed E-state index contributed by atoms with van der Waals surface area (Å²) in [6.07, 6.45) is 3.29. The summed E-state index contributed by atoms with van der Waals surface area (Å²) in [5, 5.41) is 2.12. The van der Waals surface area contributed by atoms with Gasteiger partial charge in [-0.15, -0.1) is 11.8 Å². The maximum Gasteiger partial charge on any atom is 0.0411 e. The van der Waals surface area contributed by atoms with Crippen LogP contribution < -0.4 is 5.43 Å². The molecule has 3 nitrogen and oxygen atoms in total. The van der Waals surface area contributed by atoms with Gasteiger partial charge in [-0.1, -0.05) is 0 Å². The van der Waals surface area contributed by atoms with Crippen molar-refractivity contribution in [2.24, 2.45) is 0 Å². The van der Waals surface area contributed by atoms with Gasteiger partial charge in [-0.3, -0.25) is 0 Å². The number of nitrogens with one attached hydrogen (secondary N) is 1. The number of rotatable bonds is 3. The minimum atomic E-state index is 1.09. The molecule has 0 saturated carbocycles. The van der Waals surface area contributed by atoms with Crippen molar-refractivity contribution in [2.45, 2.75) is 6.42 Å². The fourth-order valence-corrected chi connectivity index (χ4v) is 2.35. The van der Waals surface area contributed by atoms with E-state index in [1.54, 1.807) is 0 Å². The Morgan fingerprint density at radius 2 is 2.23 bits per heavy atom. The first-order valence-corrected chi connectivity index (χ1v) is 5.77. The van der Waals surface area contributed by atoms with Gasteiger partial charge >= 0.3 is 0 Å². The first-order chi connectivity index (χ1) is 6.19. The van der Waals surface area contributed by atoms with E-state index < -0.39 is 0 Å². The molecule has 0 aliphatic carbocycles. The van der Waals surface area contributed by atoms with E-state index in [-0.39, 0.29) is 0 Å². The van der Waals surface area contributed by atoms with Gasteiger partial charge in [0.25, 0.3) is 0 Å². The van der Waals surface area contributed by atoms with E-state index in [2.05, 4.69) is 35.7 Å². The average molecular weight is 201 g/mol. The van der Waals surface area contributed by atoms with Crippen molar-refractivity contribution in [2.75, 3.05) is 40.5 Å². The van der Waals surface area contributed by atoms with Gasteiger partial charge < -0.3 is 9.91 Å². The van der Waals surface area contributed by atoms with Crippen LogP contribution >= 0.6 is 11.8 Å². The van der Waals surface area contributed by atoms with E-state index >= 15 is 0 Å². The number of hydrazine groups is 1. The molecule has 1 heterocycles. The Balaban J connectivity index is 2.76. The molecule has 1 rings (SSSR count). The summed E-state index contributed by atoms with van der Waals surface area (Å²) < 4.78 is 0. The largest absolute Gasteiger partial charge is 0.315 e. The van der Waals surface area contributed by atoms with Crippen molar-refractivity contribution in [3.63, 3.8) is 0 Å². The molecule has 1 aliphatic heterocycles. The van der Waals surface area contributed by atoms with Crippen LogP contribution in [0.1, 0.15) is 6.42 Å². The van der Waals surface area contributed by atoms with Crippen LogP contribution in [0.5, 0.6) is 0 Å². The fraction of sp³-hybridized carbons (Fsp3) is 0.778. The van der Waals surface area contributed by atoms with Crippen molar-refractivity contribution in [1.29, 1.82) is 0 Å². The Kier molecular flexibility index (Phi) is 4.09. The SMILES string of the molecule is CNN(C)C1=C(SC)CN(C)CC1. The molecule has 0 aromatic carbocycles. The lowest BCUT2D eigenvalue weighted by atomic mass is 10.2. The first kappa shape index (κ1) is 10.9. The minimum absolute atomic E-state index is 1.09. The van der Waals surface area contributed by atoms with Crippen molar-refractivity contribution >= 4 is 11.8 Å². The third-order valence-electron chi connectivity index (χ3n) is 2.45. The Hall–Kier alpha value is -0.190. The predicted octanol–water partition coefficient (Wildman–Crippen LogP) is 0.963. The van der Waals surface area contributed by atoms with Gasteiger partial charge in [-0.25, -0.2) is 5.43 Å². The molecule has 0 aromatic rings. The van der Waals surface area contributed by atoms with E-state index in [0.717, 1.165) is 19.5 Å². The zero-order valence-electron chi connectivity index (χ0n) is 8.92. The summed E-state index contributed by atoms with van der Waals surface area (Å²) in [6.45, 7) is 2.24. The highest BCUT2D eigenvalue weighted by Crippen LogP contribution is 2.25. The lowest BCUT2D eigenvalue weighted by molar-refractivity contribution is 0.272. The minimum Gasteiger partial charge on any atom is -0.315 e. The van der Waals surface area contributed by atoms with Crippen LogP contribution in [-0.4, -0.2) is 50.4 Å². The van der Waals surface area contributed by atoms with Crippen molar-refractivity contribution in [1.82, 2.24) is 15.3 Å². The molecule has 0 bridgehead atoms. The molecular weight excluding hydrogens is 182 g/mol. The summed E-state index contributed by atoms with van der Waals surface area (Å²) >= 11 is 1.86. The second-order valence-electron chi connectivity index (χ2n) is 3.34. The predicted molar refractivity (Wildman–Crippen MR) is 59.5 cm³/mol. The van der Waals surface area contributed by atoms with Crippen LogP contribution in [0.3, 0.4) is 0 Å². The Morgan fingerprint density at radius 1 is 1.54 bits per heavy atom. The second kappa shape index (κ2) is 4.88. The number of likely N-dealkylation sites (N-methyl/N-ethyl adjacent to an activating group) is 1. The average Bonchev–Trinajstić information content (AvgIpc) is 2.16. The Labute approximate surface area is 85.1 Å². The van der Waals surface area contributed by atoms with Crippen LogP contribution in [-0.2, 0) is 0 Å². The zero-order chi connectivity index (χ0) is 9.84. The van der Waals surface area contributed by atoms with Gasteiger partial charge in [-0.05, 0) is 13.3 Å². The standard InChI is InChI=1S/C9H19N3S/c1-10-12(3)8-5-6-11(2)7-9(8)13-4/h10H,5-7H2,1-4H3.